The van der Waals surface area contributed by atoms with Crippen LogP contribution < -0.4 is 0 Å². The molecule has 4 aliphatic heterocycles. The standard InChI is InChI=1S/C14H25N3O2/c1-15(2)10-14(18)16-5-3-11(4-6-16)17-8-12-7-13(9-17)19-12/h11-13H,3-10H2,1-2H3. The minimum absolute atomic E-state index is 0.272. The molecule has 4 heterocycles. The van der Waals surface area contributed by atoms with Gasteiger partial charge in [0.15, 0.2) is 0 Å². The number of likely N-dealkylation sites (N-methyl/N-ethyl adjacent to an activating group) is 1. The summed E-state index contributed by atoms with van der Waals surface area (Å²) in [5.41, 5.74) is 0. The minimum atomic E-state index is 0.272. The number of morpholine rings is 1. The zero-order valence-corrected chi connectivity index (χ0v) is 12.0. The van der Waals surface area contributed by atoms with Crippen LogP contribution in [0.25, 0.3) is 0 Å². The zero-order chi connectivity index (χ0) is 13.4. The zero-order valence-electron chi connectivity index (χ0n) is 12.0. The quantitative estimate of drug-likeness (QED) is 0.722. The molecule has 2 bridgehead atoms. The summed E-state index contributed by atoms with van der Waals surface area (Å²) in [5, 5.41) is 0. The van der Waals surface area contributed by atoms with Crippen LogP contribution in [0.2, 0.25) is 0 Å². The Hall–Kier alpha value is -0.650. The second-order valence-electron chi connectivity index (χ2n) is 6.42. The number of amides is 1. The number of hydrogen-bond donors (Lipinski definition) is 0. The van der Waals surface area contributed by atoms with Gasteiger partial charge < -0.3 is 14.5 Å². The summed E-state index contributed by atoms with van der Waals surface area (Å²) < 4.78 is 5.69. The Labute approximate surface area is 115 Å². The van der Waals surface area contributed by atoms with Crippen LogP contribution in [0.15, 0.2) is 0 Å². The van der Waals surface area contributed by atoms with Crippen LogP contribution in [-0.2, 0) is 9.53 Å². The van der Waals surface area contributed by atoms with E-state index in [1.165, 1.54) is 6.42 Å². The molecular formula is C14H25N3O2. The van der Waals surface area contributed by atoms with E-state index in [1.807, 2.05) is 23.9 Å². The number of piperidine rings is 2. The highest BCUT2D eigenvalue weighted by atomic mass is 16.5. The van der Waals surface area contributed by atoms with Crippen molar-refractivity contribution in [3.63, 3.8) is 0 Å². The van der Waals surface area contributed by atoms with E-state index >= 15 is 0 Å². The molecule has 0 N–H and O–H groups in total. The maximum atomic E-state index is 12.0. The molecule has 4 saturated heterocycles. The normalized spacial score (nSPS) is 32.5. The van der Waals surface area contributed by atoms with E-state index in [2.05, 4.69) is 4.90 Å². The molecule has 1 amide bonds. The molecule has 5 heteroatoms. The minimum Gasteiger partial charge on any atom is -0.372 e. The molecule has 19 heavy (non-hydrogen) atoms. The molecule has 0 aromatic rings. The molecule has 0 radical (unpaired) electrons. The topological polar surface area (TPSA) is 36.0 Å². The summed E-state index contributed by atoms with van der Waals surface area (Å²) in [7, 11) is 3.90. The van der Waals surface area contributed by atoms with Gasteiger partial charge >= 0.3 is 0 Å². The van der Waals surface area contributed by atoms with Gasteiger partial charge in [0.2, 0.25) is 5.91 Å². The summed E-state index contributed by atoms with van der Waals surface area (Å²) in [5.74, 6) is 0.272. The number of carbonyl (C=O) groups excluding carboxylic acids is 1. The van der Waals surface area contributed by atoms with Gasteiger partial charge in [-0.2, -0.15) is 0 Å². The summed E-state index contributed by atoms with van der Waals surface area (Å²) >= 11 is 0. The molecule has 108 valence electrons. The molecule has 0 aromatic carbocycles. The second-order valence-corrected chi connectivity index (χ2v) is 6.42. The summed E-state index contributed by atoms with van der Waals surface area (Å²) in [6.45, 7) is 4.58. The van der Waals surface area contributed by atoms with E-state index in [-0.39, 0.29) is 5.91 Å². The Bertz CT molecular complexity index is 324. The first-order chi connectivity index (χ1) is 9.11. The number of fused-ring (bicyclic) bond motifs is 2. The Morgan fingerprint density at radius 3 is 2.32 bits per heavy atom. The molecule has 4 aliphatic rings. The fourth-order valence-corrected chi connectivity index (χ4v) is 3.54. The van der Waals surface area contributed by atoms with E-state index in [4.69, 9.17) is 4.74 Å². The Balaban J connectivity index is 1.45. The second kappa shape index (κ2) is 5.38. The molecule has 4 fully saturated rings. The number of likely N-dealkylation sites (tertiary alicyclic amines) is 1. The molecule has 0 aromatic heterocycles. The van der Waals surface area contributed by atoms with Crippen molar-refractivity contribution in [2.24, 2.45) is 0 Å². The largest absolute Gasteiger partial charge is 0.372 e. The molecule has 0 aliphatic carbocycles. The van der Waals surface area contributed by atoms with Crippen LogP contribution in [0.4, 0.5) is 0 Å². The van der Waals surface area contributed by atoms with Gasteiger partial charge in [-0.1, -0.05) is 0 Å². The van der Waals surface area contributed by atoms with Crippen LogP contribution in [0.5, 0.6) is 0 Å². The molecule has 5 nitrogen and oxygen atoms in total. The van der Waals surface area contributed by atoms with Gasteiger partial charge in [-0.3, -0.25) is 9.69 Å². The molecule has 0 spiro atoms. The van der Waals surface area contributed by atoms with E-state index in [9.17, 15) is 4.79 Å². The number of ether oxygens (including phenoxy) is 1. The lowest BCUT2D eigenvalue weighted by molar-refractivity contribution is -0.190. The van der Waals surface area contributed by atoms with Crippen molar-refractivity contribution < 1.29 is 9.53 Å². The van der Waals surface area contributed by atoms with Crippen LogP contribution in [0.1, 0.15) is 19.3 Å². The summed E-state index contributed by atoms with van der Waals surface area (Å²) in [6, 6.07) is 0.664. The molecule has 0 saturated carbocycles. The fraction of sp³-hybridized carbons (Fsp3) is 0.929. The van der Waals surface area contributed by atoms with Gasteiger partial charge in [-0.25, -0.2) is 0 Å². The molecule has 4 rings (SSSR count). The third-order valence-electron chi connectivity index (χ3n) is 4.57. The number of carbonyl (C=O) groups is 1. The first-order valence-electron chi connectivity index (χ1n) is 7.44. The van der Waals surface area contributed by atoms with Crippen LogP contribution in [0.3, 0.4) is 0 Å². The van der Waals surface area contributed by atoms with Gasteiger partial charge in [-0.15, -0.1) is 0 Å². The van der Waals surface area contributed by atoms with Crippen molar-refractivity contribution in [1.29, 1.82) is 0 Å². The predicted molar refractivity (Wildman–Crippen MR) is 73.0 cm³/mol. The lowest BCUT2D eigenvalue weighted by atomic mass is 9.94. The van der Waals surface area contributed by atoms with E-state index < -0.39 is 0 Å². The van der Waals surface area contributed by atoms with Gasteiger partial charge in [-0.05, 0) is 26.9 Å². The van der Waals surface area contributed by atoms with Gasteiger partial charge in [0, 0.05) is 38.6 Å². The van der Waals surface area contributed by atoms with Crippen LogP contribution in [0, 0.1) is 0 Å². The van der Waals surface area contributed by atoms with Gasteiger partial charge in [0.25, 0.3) is 0 Å². The maximum Gasteiger partial charge on any atom is 0.236 e. The number of hydrogen-bond acceptors (Lipinski definition) is 4. The predicted octanol–water partition coefficient (Wildman–Crippen LogP) is 0.0121. The average molecular weight is 267 g/mol. The van der Waals surface area contributed by atoms with Crippen molar-refractivity contribution >= 4 is 5.91 Å². The van der Waals surface area contributed by atoms with Crippen LogP contribution >= 0.6 is 0 Å². The maximum absolute atomic E-state index is 12.0. The van der Waals surface area contributed by atoms with Crippen molar-refractivity contribution in [3.05, 3.63) is 0 Å². The lowest BCUT2D eigenvalue weighted by Gasteiger charge is -2.51. The Morgan fingerprint density at radius 1 is 1.21 bits per heavy atom. The number of nitrogens with zero attached hydrogens (tertiary/aromatic N) is 3. The third-order valence-corrected chi connectivity index (χ3v) is 4.57. The van der Waals surface area contributed by atoms with Gasteiger partial charge in [0.1, 0.15) is 0 Å². The molecular weight excluding hydrogens is 242 g/mol. The molecule has 2 atom stereocenters. The summed E-state index contributed by atoms with van der Waals surface area (Å²) in [4.78, 5) is 18.6. The first kappa shape index (κ1) is 13.3. The van der Waals surface area contributed by atoms with Crippen molar-refractivity contribution in [3.8, 4) is 0 Å². The van der Waals surface area contributed by atoms with Crippen molar-refractivity contribution in [2.45, 2.75) is 37.5 Å². The Morgan fingerprint density at radius 2 is 1.79 bits per heavy atom. The third kappa shape index (κ3) is 2.93. The van der Waals surface area contributed by atoms with Crippen molar-refractivity contribution in [1.82, 2.24) is 14.7 Å². The highest BCUT2D eigenvalue weighted by Gasteiger charge is 2.41. The van der Waals surface area contributed by atoms with E-state index in [0.717, 1.165) is 39.0 Å². The SMILES string of the molecule is CN(C)CC(=O)N1CCC(N2CC3CC(C2)O3)CC1. The van der Waals surface area contributed by atoms with Crippen LogP contribution in [-0.4, -0.2) is 85.7 Å². The number of rotatable bonds is 3. The van der Waals surface area contributed by atoms with Gasteiger partial charge in [0.05, 0.1) is 18.8 Å². The fourth-order valence-electron chi connectivity index (χ4n) is 3.54. The van der Waals surface area contributed by atoms with E-state index in [1.54, 1.807) is 0 Å². The highest BCUT2D eigenvalue weighted by molar-refractivity contribution is 5.78. The van der Waals surface area contributed by atoms with Crippen molar-refractivity contribution in [2.75, 3.05) is 46.8 Å². The Kier molecular flexibility index (Phi) is 3.78. The highest BCUT2D eigenvalue weighted by Crippen LogP contribution is 2.31. The monoisotopic (exact) mass is 267 g/mol. The lowest BCUT2D eigenvalue weighted by Crippen LogP contribution is -2.61. The average Bonchev–Trinajstić information content (AvgIpc) is 2.37. The smallest absolute Gasteiger partial charge is 0.236 e. The molecule has 2 unspecified atom stereocenters. The first-order valence-corrected chi connectivity index (χ1v) is 7.44. The summed E-state index contributed by atoms with van der Waals surface area (Å²) in [6.07, 6.45) is 4.49. The van der Waals surface area contributed by atoms with E-state index in [0.29, 0.717) is 24.8 Å².